The van der Waals surface area contributed by atoms with Gasteiger partial charge in [-0.1, -0.05) is 11.8 Å². The molecule has 0 saturated heterocycles. The molecular weight excluding hydrogens is 278 g/mol. The molecule has 0 saturated carbocycles. The number of H-pyrrole nitrogens is 1. The van der Waals surface area contributed by atoms with Crippen LogP contribution in [0.5, 0.6) is 0 Å². The van der Waals surface area contributed by atoms with E-state index in [1.807, 2.05) is 12.1 Å². The molecule has 0 aliphatic carbocycles. The van der Waals surface area contributed by atoms with Gasteiger partial charge in [0.2, 0.25) is 0 Å². The number of amides is 1. The van der Waals surface area contributed by atoms with Crippen molar-refractivity contribution in [2.75, 3.05) is 19.0 Å². The Bertz CT molecular complexity index is 539. The summed E-state index contributed by atoms with van der Waals surface area (Å²) in [5.74, 6) is -0.259. The second kappa shape index (κ2) is 7.04. The quantitative estimate of drug-likeness (QED) is 0.729. The molecule has 0 radical (unpaired) electrons. The molecule has 7 nitrogen and oxygen atoms in total. The number of carbonyl (C=O) groups excluding carboxylic acids is 1. The van der Waals surface area contributed by atoms with Crippen molar-refractivity contribution < 1.29 is 9.53 Å². The van der Waals surface area contributed by atoms with E-state index in [0.29, 0.717) is 10.8 Å². The maximum absolute atomic E-state index is 11.8. The zero-order valence-corrected chi connectivity index (χ0v) is 11.7. The van der Waals surface area contributed by atoms with Crippen LogP contribution in [-0.4, -0.2) is 40.8 Å². The summed E-state index contributed by atoms with van der Waals surface area (Å²) in [6, 6.07) is 7.37. The summed E-state index contributed by atoms with van der Waals surface area (Å²) in [4.78, 5) is 16.8. The molecule has 0 spiro atoms. The standard InChI is InChI=1S/C12H15N5O2S/c1-19-10(6-13)11(18)16-8-2-4-9(5-3-8)20-12-14-7-15-17-12/h2-5,7,10H,6,13H2,1H3,(H,16,18)(H,14,15,17). The Kier molecular flexibility index (Phi) is 5.10. The fourth-order valence-electron chi connectivity index (χ4n) is 1.49. The van der Waals surface area contributed by atoms with Gasteiger partial charge in [-0.25, -0.2) is 4.98 Å². The number of hydrogen-bond acceptors (Lipinski definition) is 6. The van der Waals surface area contributed by atoms with Crippen molar-refractivity contribution in [1.82, 2.24) is 15.2 Å². The first-order valence-corrected chi connectivity index (χ1v) is 6.71. The van der Waals surface area contributed by atoms with Crippen molar-refractivity contribution in [3.63, 3.8) is 0 Å². The maximum atomic E-state index is 11.8. The van der Waals surface area contributed by atoms with Crippen LogP contribution < -0.4 is 11.1 Å². The number of ether oxygens (including phenoxy) is 1. The highest BCUT2D eigenvalue weighted by Crippen LogP contribution is 2.25. The number of carbonyl (C=O) groups is 1. The van der Waals surface area contributed by atoms with Crippen LogP contribution in [0.4, 0.5) is 5.69 Å². The molecule has 1 amide bonds. The van der Waals surface area contributed by atoms with Crippen LogP contribution in [0, 0.1) is 0 Å². The first kappa shape index (κ1) is 14.5. The van der Waals surface area contributed by atoms with Gasteiger partial charge in [-0.15, -0.1) is 0 Å². The van der Waals surface area contributed by atoms with Gasteiger partial charge in [-0.05, 0) is 24.3 Å². The third-order valence-electron chi connectivity index (χ3n) is 2.52. The largest absolute Gasteiger partial charge is 0.370 e. The number of aromatic amines is 1. The van der Waals surface area contributed by atoms with E-state index in [1.165, 1.54) is 25.2 Å². The Morgan fingerprint density at radius 2 is 2.25 bits per heavy atom. The second-order valence-electron chi connectivity index (χ2n) is 3.87. The molecule has 106 valence electrons. The highest BCUT2D eigenvalue weighted by Gasteiger charge is 2.15. The fraction of sp³-hybridized carbons (Fsp3) is 0.250. The summed E-state index contributed by atoms with van der Waals surface area (Å²) >= 11 is 1.45. The summed E-state index contributed by atoms with van der Waals surface area (Å²) in [5, 5.41) is 9.99. The third-order valence-corrected chi connectivity index (χ3v) is 3.42. The van der Waals surface area contributed by atoms with E-state index in [0.717, 1.165) is 4.90 Å². The molecule has 1 unspecified atom stereocenters. The predicted molar refractivity (Wildman–Crippen MR) is 75.4 cm³/mol. The molecule has 20 heavy (non-hydrogen) atoms. The summed E-state index contributed by atoms with van der Waals surface area (Å²) in [5.41, 5.74) is 6.12. The molecule has 1 atom stereocenters. The van der Waals surface area contributed by atoms with Gasteiger partial charge in [0.1, 0.15) is 12.4 Å². The molecule has 1 aromatic carbocycles. The monoisotopic (exact) mass is 293 g/mol. The Labute approximate surface area is 120 Å². The van der Waals surface area contributed by atoms with Gasteiger partial charge in [0.25, 0.3) is 5.91 Å². The lowest BCUT2D eigenvalue weighted by Gasteiger charge is -2.13. The molecule has 8 heteroatoms. The van der Waals surface area contributed by atoms with Crippen molar-refractivity contribution in [1.29, 1.82) is 0 Å². The minimum Gasteiger partial charge on any atom is -0.370 e. The van der Waals surface area contributed by atoms with Gasteiger partial charge in [0, 0.05) is 24.2 Å². The summed E-state index contributed by atoms with van der Waals surface area (Å²) in [6.07, 6.45) is 0.812. The number of methoxy groups -OCH3 is 1. The van der Waals surface area contributed by atoms with Crippen LogP contribution in [0.25, 0.3) is 0 Å². The highest BCUT2D eigenvalue weighted by atomic mass is 32.2. The number of nitrogens with zero attached hydrogens (tertiary/aromatic N) is 2. The van der Waals surface area contributed by atoms with Crippen molar-refractivity contribution >= 4 is 23.4 Å². The molecule has 2 aromatic rings. The van der Waals surface area contributed by atoms with E-state index in [2.05, 4.69) is 20.5 Å². The Balaban J connectivity index is 1.96. The number of benzene rings is 1. The first-order chi connectivity index (χ1) is 9.72. The average molecular weight is 293 g/mol. The third kappa shape index (κ3) is 3.80. The van der Waals surface area contributed by atoms with Gasteiger partial charge >= 0.3 is 0 Å². The number of hydrogen-bond donors (Lipinski definition) is 3. The van der Waals surface area contributed by atoms with Crippen LogP contribution >= 0.6 is 11.8 Å². The van der Waals surface area contributed by atoms with Gasteiger partial charge in [-0.2, -0.15) is 5.10 Å². The topological polar surface area (TPSA) is 106 Å². The number of nitrogens with one attached hydrogen (secondary N) is 2. The number of nitrogens with two attached hydrogens (primary N) is 1. The SMILES string of the molecule is COC(CN)C(=O)Nc1ccc(Sc2ncn[nH]2)cc1. The summed E-state index contributed by atoms with van der Waals surface area (Å²) in [6.45, 7) is 0.141. The number of rotatable bonds is 6. The summed E-state index contributed by atoms with van der Waals surface area (Å²) in [7, 11) is 1.45. The van der Waals surface area contributed by atoms with Gasteiger partial charge in [0.05, 0.1) is 0 Å². The Morgan fingerprint density at radius 3 is 2.80 bits per heavy atom. The van der Waals surface area contributed by atoms with Gasteiger partial charge < -0.3 is 15.8 Å². The molecule has 0 bridgehead atoms. The number of anilines is 1. The lowest BCUT2D eigenvalue weighted by atomic mass is 10.3. The van der Waals surface area contributed by atoms with Crippen molar-refractivity contribution in [3.05, 3.63) is 30.6 Å². The fourth-order valence-corrected chi connectivity index (χ4v) is 2.19. The Morgan fingerprint density at radius 1 is 1.50 bits per heavy atom. The smallest absolute Gasteiger partial charge is 0.254 e. The van der Waals surface area contributed by atoms with Crippen LogP contribution in [0.3, 0.4) is 0 Å². The zero-order chi connectivity index (χ0) is 14.4. The molecule has 1 heterocycles. The normalized spacial score (nSPS) is 12.1. The molecule has 1 aromatic heterocycles. The van der Waals surface area contributed by atoms with Crippen LogP contribution in [-0.2, 0) is 9.53 Å². The lowest BCUT2D eigenvalue weighted by molar-refractivity contribution is -0.125. The zero-order valence-electron chi connectivity index (χ0n) is 10.9. The van der Waals surface area contributed by atoms with E-state index in [1.54, 1.807) is 12.1 Å². The Hall–Kier alpha value is -1.90. The molecular formula is C12H15N5O2S. The number of aromatic nitrogens is 3. The van der Waals surface area contributed by atoms with E-state index in [9.17, 15) is 4.79 Å². The lowest BCUT2D eigenvalue weighted by Crippen LogP contribution is -2.35. The molecule has 0 aliphatic rings. The molecule has 2 rings (SSSR count). The minimum absolute atomic E-state index is 0.141. The van der Waals surface area contributed by atoms with E-state index in [4.69, 9.17) is 10.5 Å². The maximum Gasteiger partial charge on any atom is 0.254 e. The molecule has 4 N–H and O–H groups in total. The summed E-state index contributed by atoms with van der Waals surface area (Å²) < 4.78 is 4.97. The average Bonchev–Trinajstić information content (AvgIpc) is 2.95. The van der Waals surface area contributed by atoms with Crippen LogP contribution in [0.2, 0.25) is 0 Å². The highest BCUT2D eigenvalue weighted by molar-refractivity contribution is 7.99. The molecule has 0 aliphatic heterocycles. The minimum atomic E-state index is -0.641. The van der Waals surface area contributed by atoms with Crippen LogP contribution in [0.1, 0.15) is 0 Å². The van der Waals surface area contributed by atoms with Crippen molar-refractivity contribution in [2.24, 2.45) is 5.73 Å². The van der Waals surface area contributed by atoms with Crippen LogP contribution in [0.15, 0.2) is 40.6 Å². The van der Waals surface area contributed by atoms with E-state index in [-0.39, 0.29) is 12.5 Å². The van der Waals surface area contributed by atoms with Gasteiger partial charge in [0.15, 0.2) is 5.16 Å². The second-order valence-corrected chi connectivity index (χ2v) is 4.93. The van der Waals surface area contributed by atoms with Crippen molar-refractivity contribution in [2.45, 2.75) is 16.2 Å². The van der Waals surface area contributed by atoms with E-state index < -0.39 is 6.10 Å². The van der Waals surface area contributed by atoms with Crippen molar-refractivity contribution in [3.8, 4) is 0 Å². The molecule has 0 fully saturated rings. The first-order valence-electron chi connectivity index (χ1n) is 5.90. The predicted octanol–water partition coefficient (Wildman–Crippen LogP) is 0.868. The van der Waals surface area contributed by atoms with E-state index >= 15 is 0 Å². The van der Waals surface area contributed by atoms with Gasteiger partial charge in [-0.3, -0.25) is 9.89 Å².